The molecule has 3 aromatic rings. The molecule has 0 bridgehead atoms. The maximum absolute atomic E-state index is 10.8. The van der Waals surface area contributed by atoms with Gasteiger partial charge >= 0.3 is 5.97 Å². The molecule has 2 N–H and O–H groups in total. The molecule has 3 rings (SSSR count). The molecule has 0 atom stereocenters. The molecule has 2 aromatic heterocycles. The number of carbonyl (C=O) groups is 1. The fraction of sp³-hybridized carbons (Fsp3) is 0.0769. The van der Waals surface area contributed by atoms with E-state index in [0.717, 1.165) is 5.69 Å². The third kappa shape index (κ3) is 2.92. The van der Waals surface area contributed by atoms with Gasteiger partial charge in [0.25, 0.3) is 0 Å². The third-order valence-electron chi connectivity index (χ3n) is 2.73. The number of benzene rings is 1. The molecule has 0 radical (unpaired) electrons. The molecule has 0 fully saturated rings. The van der Waals surface area contributed by atoms with Crippen LogP contribution in [0.25, 0.3) is 5.65 Å². The van der Waals surface area contributed by atoms with Gasteiger partial charge in [-0.05, 0) is 30.3 Å². The first-order valence-electron chi connectivity index (χ1n) is 6.07. The Morgan fingerprint density at radius 3 is 2.90 bits per heavy atom. The van der Waals surface area contributed by atoms with E-state index in [2.05, 4.69) is 20.6 Å². The number of carboxylic acids is 1. The lowest BCUT2D eigenvalue weighted by molar-refractivity contribution is -0.136. The number of anilines is 2. The van der Waals surface area contributed by atoms with Crippen molar-refractivity contribution in [2.45, 2.75) is 6.42 Å². The van der Waals surface area contributed by atoms with Crippen LogP contribution in [-0.4, -0.2) is 30.9 Å². The van der Waals surface area contributed by atoms with Gasteiger partial charge in [0.05, 0.1) is 0 Å². The van der Waals surface area contributed by atoms with Crippen LogP contribution in [0.15, 0.2) is 36.4 Å². The molecule has 0 unspecified atom stereocenters. The Bertz CT molecular complexity index is 817. The first-order valence-corrected chi connectivity index (χ1v) is 6.45. The number of nitrogens with one attached hydrogen (secondary N) is 1. The summed E-state index contributed by atoms with van der Waals surface area (Å²) in [6, 6.07) is 10.6. The smallest absolute Gasteiger partial charge is 0.311 e. The van der Waals surface area contributed by atoms with Gasteiger partial charge in [-0.2, -0.15) is 4.52 Å². The topological polar surface area (TPSA) is 92.4 Å². The lowest BCUT2D eigenvalue weighted by atomic mass is 10.3. The Balaban J connectivity index is 1.94. The molecule has 0 spiro atoms. The van der Waals surface area contributed by atoms with E-state index in [0.29, 0.717) is 16.5 Å². The van der Waals surface area contributed by atoms with Crippen LogP contribution in [0.5, 0.6) is 0 Å². The summed E-state index contributed by atoms with van der Waals surface area (Å²) in [5.41, 5.74) is 1.27. The summed E-state index contributed by atoms with van der Waals surface area (Å²) in [6.45, 7) is 0. The van der Waals surface area contributed by atoms with Crippen molar-refractivity contribution in [1.29, 1.82) is 0 Å². The molecule has 106 valence electrons. The van der Waals surface area contributed by atoms with Crippen molar-refractivity contribution in [3.63, 3.8) is 0 Å². The standard InChI is InChI=1S/C13H10ClN5O2/c14-8-2-1-3-9(6-8)15-10-4-5-11-16-17-12(7-13(20)21)19(11)18-10/h1-6H,7H2,(H,15,18)(H,20,21). The minimum Gasteiger partial charge on any atom is -0.481 e. The van der Waals surface area contributed by atoms with E-state index < -0.39 is 5.97 Å². The van der Waals surface area contributed by atoms with E-state index in [4.69, 9.17) is 16.7 Å². The van der Waals surface area contributed by atoms with Gasteiger partial charge < -0.3 is 10.4 Å². The number of halogens is 1. The number of fused-ring (bicyclic) bond motifs is 1. The molecule has 2 heterocycles. The van der Waals surface area contributed by atoms with Crippen molar-refractivity contribution < 1.29 is 9.90 Å². The average Bonchev–Trinajstić information content (AvgIpc) is 2.81. The van der Waals surface area contributed by atoms with Crippen molar-refractivity contribution in [1.82, 2.24) is 19.8 Å². The molecule has 0 aliphatic carbocycles. The van der Waals surface area contributed by atoms with Crippen molar-refractivity contribution in [3.8, 4) is 0 Å². The summed E-state index contributed by atoms with van der Waals surface area (Å²) < 4.78 is 1.40. The molecule has 0 saturated carbocycles. The van der Waals surface area contributed by atoms with E-state index in [1.807, 2.05) is 12.1 Å². The maximum Gasteiger partial charge on any atom is 0.311 e. The second kappa shape index (κ2) is 5.37. The van der Waals surface area contributed by atoms with Gasteiger partial charge in [-0.1, -0.05) is 17.7 Å². The number of rotatable bonds is 4. The highest BCUT2D eigenvalue weighted by atomic mass is 35.5. The summed E-state index contributed by atoms with van der Waals surface area (Å²) in [5.74, 6) is -0.178. The van der Waals surface area contributed by atoms with Gasteiger partial charge in [0.2, 0.25) is 0 Å². The zero-order valence-corrected chi connectivity index (χ0v) is 11.4. The van der Waals surface area contributed by atoms with Crippen LogP contribution >= 0.6 is 11.6 Å². The number of carboxylic acid groups (broad SMARTS) is 1. The largest absolute Gasteiger partial charge is 0.481 e. The summed E-state index contributed by atoms with van der Waals surface area (Å²) in [7, 11) is 0. The van der Waals surface area contributed by atoms with E-state index in [-0.39, 0.29) is 12.2 Å². The van der Waals surface area contributed by atoms with Crippen LogP contribution < -0.4 is 5.32 Å². The van der Waals surface area contributed by atoms with E-state index in [1.165, 1.54) is 4.52 Å². The highest BCUT2D eigenvalue weighted by Gasteiger charge is 2.11. The molecular weight excluding hydrogens is 294 g/mol. The molecular formula is C13H10ClN5O2. The fourth-order valence-corrected chi connectivity index (χ4v) is 2.05. The maximum atomic E-state index is 10.8. The second-order valence-electron chi connectivity index (χ2n) is 4.31. The highest BCUT2D eigenvalue weighted by molar-refractivity contribution is 6.30. The first kappa shape index (κ1) is 13.3. The molecule has 0 saturated heterocycles. The SMILES string of the molecule is O=C(O)Cc1nnc2ccc(Nc3cccc(Cl)c3)nn12. The molecule has 1 aromatic carbocycles. The summed E-state index contributed by atoms with van der Waals surface area (Å²) in [5, 5.41) is 24.5. The number of aromatic nitrogens is 4. The third-order valence-corrected chi connectivity index (χ3v) is 2.97. The number of nitrogens with zero attached hydrogens (tertiary/aromatic N) is 4. The van der Waals surface area contributed by atoms with Gasteiger partial charge in [0.15, 0.2) is 17.3 Å². The van der Waals surface area contributed by atoms with Gasteiger partial charge in [-0.15, -0.1) is 15.3 Å². The van der Waals surface area contributed by atoms with Crippen LogP contribution in [0.3, 0.4) is 0 Å². The van der Waals surface area contributed by atoms with Crippen LogP contribution in [0.4, 0.5) is 11.5 Å². The van der Waals surface area contributed by atoms with E-state index in [9.17, 15) is 4.79 Å². The van der Waals surface area contributed by atoms with Gasteiger partial charge in [-0.3, -0.25) is 4.79 Å². The molecule has 8 heteroatoms. The normalized spacial score (nSPS) is 10.7. The Hall–Kier alpha value is -2.67. The average molecular weight is 304 g/mol. The summed E-state index contributed by atoms with van der Waals surface area (Å²) in [4.78, 5) is 10.8. The number of hydrogen-bond acceptors (Lipinski definition) is 5. The van der Waals surface area contributed by atoms with Crippen molar-refractivity contribution >= 4 is 34.7 Å². The van der Waals surface area contributed by atoms with Crippen LogP contribution in [0.1, 0.15) is 5.82 Å². The zero-order valence-electron chi connectivity index (χ0n) is 10.7. The lowest BCUT2D eigenvalue weighted by Crippen LogP contribution is -2.07. The quantitative estimate of drug-likeness (QED) is 0.767. The Kier molecular flexibility index (Phi) is 3.41. The van der Waals surface area contributed by atoms with Crippen molar-refractivity contribution in [2.24, 2.45) is 0 Å². The fourth-order valence-electron chi connectivity index (χ4n) is 1.86. The minimum absolute atomic E-state index is 0.241. The summed E-state index contributed by atoms with van der Waals surface area (Å²) >= 11 is 5.92. The molecule has 7 nitrogen and oxygen atoms in total. The second-order valence-corrected chi connectivity index (χ2v) is 4.75. The predicted octanol–water partition coefficient (Wildman–Crippen LogP) is 2.15. The lowest BCUT2D eigenvalue weighted by Gasteiger charge is -2.06. The summed E-state index contributed by atoms with van der Waals surface area (Å²) in [6.07, 6.45) is -0.241. The Labute approximate surface area is 124 Å². The monoisotopic (exact) mass is 303 g/mol. The van der Waals surface area contributed by atoms with E-state index >= 15 is 0 Å². The predicted molar refractivity (Wildman–Crippen MR) is 76.9 cm³/mol. The minimum atomic E-state index is -0.987. The zero-order chi connectivity index (χ0) is 14.8. The molecule has 0 amide bonds. The van der Waals surface area contributed by atoms with Crippen LogP contribution in [0, 0.1) is 0 Å². The van der Waals surface area contributed by atoms with Crippen LogP contribution in [-0.2, 0) is 11.2 Å². The van der Waals surface area contributed by atoms with Crippen molar-refractivity contribution in [2.75, 3.05) is 5.32 Å². The molecule has 0 aliphatic rings. The first-order chi connectivity index (χ1) is 10.1. The Morgan fingerprint density at radius 2 is 2.14 bits per heavy atom. The molecule has 21 heavy (non-hydrogen) atoms. The highest BCUT2D eigenvalue weighted by Crippen LogP contribution is 2.19. The number of aliphatic carboxylic acids is 1. The van der Waals surface area contributed by atoms with Crippen molar-refractivity contribution in [3.05, 3.63) is 47.2 Å². The van der Waals surface area contributed by atoms with Crippen LogP contribution in [0.2, 0.25) is 5.02 Å². The van der Waals surface area contributed by atoms with Gasteiger partial charge in [0, 0.05) is 10.7 Å². The number of hydrogen-bond donors (Lipinski definition) is 2. The molecule has 0 aliphatic heterocycles. The van der Waals surface area contributed by atoms with E-state index in [1.54, 1.807) is 24.3 Å². The Morgan fingerprint density at radius 1 is 1.29 bits per heavy atom. The van der Waals surface area contributed by atoms with Gasteiger partial charge in [-0.25, -0.2) is 0 Å². The van der Waals surface area contributed by atoms with Gasteiger partial charge in [0.1, 0.15) is 6.42 Å².